The second-order valence-electron chi connectivity index (χ2n) is 7.15. The molecule has 0 spiro atoms. The molecular formula is C18H23FN2O3S. The van der Waals surface area contributed by atoms with Gasteiger partial charge in [-0.1, -0.05) is 0 Å². The molecule has 1 aliphatic carbocycles. The van der Waals surface area contributed by atoms with Crippen LogP contribution in [0, 0.1) is 12.7 Å². The van der Waals surface area contributed by atoms with Crippen LogP contribution in [0.5, 0.6) is 0 Å². The first-order valence-electron chi connectivity index (χ1n) is 8.76. The number of hydrogen-bond acceptors (Lipinski definition) is 3. The lowest BCUT2D eigenvalue weighted by atomic mass is 9.75. The first kappa shape index (κ1) is 17.0. The molecule has 25 heavy (non-hydrogen) atoms. The van der Waals surface area contributed by atoms with E-state index in [1.54, 1.807) is 13.2 Å². The summed E-state index contributed by atoms with van der Waals surface area (Å²) in [6.45, 7) is 2.95. The Morgan fingerprint density at radius 1 is 1.24 bits per heavy atom. The zero-order valence-corrected chi connectivity index (χ0v) is 15.3. The number of aromatic amines is 1. The number of nitrogens with zero attached hydrogens (tertiary/aromatic N) is 1. The molecule has 0 atom stereocenters. The van der Waals surface area contributed by atoms with Gasteiger partial charge in [-0.2, -0.15) is 4.31 Å². The van der Waals surface area contributed by atoms with Crippen LogP contribution in [-0.4, -0.2) is 44.0 Å². The molecule has 0 bridgehead atoms. The number of halogens is 1. The number of H-pyrrole nitrogens is 1. The topological polar surface area (TPSA) is 62.4 Å². The molecule has 1 aromatic heterocycles. The normalized spacial score (nSPS) is 24.8. The van der Waals surface area contributed by atoms with Crippen molar-refractivity contribution in [2.24, 2.45) is 0 Å². The average Bonchev–Trinajstić information content (AvgIpc) is 3.18. The molecule has 2 aromatic rings. The quantitative estimate of drug-likeness (QED) is 0.903. The third kappa shape index (κ3) is 2.69. The largest absolute Gasteiger partial charge is 0.381 e. The number of fused-ring (bicyclic) bond motifs is 1. The van der Waals surface area contributed by atoms with Gasteiger partial charge in [0.25, 0.3) is 10.0 Å². The molecule has 4 rings (SSSR count). The van der Waals surface area contributed by atoms with Crippen LogP contribution in [0.15, 0.2) is 17.2 Å². The van der Waals surface area contributed by atoms with Crippen LogP contribution in [-0.2, 0) is 14.8 Å². The lowest BCUT2D eigenvalue weighted by Gasteiger charge is -2.35. The van der Waals surface area contributed by atoms with E-state index in [-0.39, 0.29) is 17.0 Å². The van der Waals surface area contributed by atoms with Crippen LogP contribution in [0.4, 0.5) is 4.39 Å². The first-order chi connectivity index (χ1) is 11.9. The summed E-state index contributed by atoms with van der Waals surface area (Å²) in [5.74, 6) is -0.118. The van der Waals surface area contributed by atoms with E-state index < -0.39 is 15.8 Å². The minimum Gasteiger partial charge on any atom is -0.381 e. The second-order valence-corrected chi connectivity index (χ2v) is 9.05. The molecule has 136 valence electrons. The van der Waals surface area contributed by atoms with Gasteiger partial charge in [0.05, 0.1) is 11.6 Å². The van der Waals surface area contributed by atoms with Crippen molar-refractivity contribution in [3.8, 4) is 0 Å². The smallest absolute Gasteiger partial charge is 0.258 e. The second kappa shape index (κ2) is 6.07. The molecule has 0 amide bonds. The van der Waals surface area contributed by atoms with E-state index >= 15 is 0 Å². The van der Waals surface area contributed by atoms with Crippen LogP contribution in [0.3, 0.4) is 0 Å². The van der Waals surface area contributed by atoms with Gasteiger partial charge < -0.3 is 9.72 Å². The van der Waals surface area contributed by atoms with Gasteiger partial charge in [-0.15, -0.1) is 0 Å². The van der Waals surface area contributed by atoms with Gasteiger partial charge in [0.1, 0.15) is 10.8 Å². The Morgan fingerprint density at radius 2 is 1.92 bits per heavy atom. The summed E-state index contributed by atoms with van der Waals surface area (Å²) in [6.07, 6.45) is 3.75. The summed E-state index contributed by atoms with van der Waals surface area (Å²) in [5, 5.41) is 0.785. The Morgan fingerprint density at radius 3 is 2.56 bits per heavy atom. The molecule has 5 nitrogen and oxygen atoms in total. The number of rotatable bonds is 4. The highest BCUT2D eigenvalue weighted by Crippen LogP contribution is 2.44. The molecule has 2 fully saturated rings. The molecule has 1 aromatic carbocycles. The Labute approximate surface area is 147 Å². The van der Waals surface area contributed by atoms with E-state index in [0.29, 0.717) is 24.0 Å². The standard InChI is InChI=1S/C18H23FN2O3S/c1-11-7-15(19)18-14(17(11)12-8-13(9-12)24-2)10-16(20-18)25(22,23)21-5-3-4-6-21/h7,10,12-13,20H,3-6,8-9H2,1-2H3. The van der Waals surface area contributed by atoms with Crippen molar-refractivity contribution < 1.29 is 17.5 Å². The zero-order valence-electron chi connectivity index (χ0n) is 14.5. The monoisotopic (exact) mass is 366 g/mol. The van der Waals surface area contributed by atoms with Gasteiger partial charge in [-0.3, -0.25) is 0 Å². The highest BCUT2D eigenvalue weighted by molar-refractivity contribution is 7.89. The molecule has 1 N–H and O–H groups in total. The molecule has 0 unspecified atom stereocenters. The van der Waals surface area contributed by atoms with Crippen molar-refractivity contribution in [1.29, 1.82) is 0 Å². The fraction of sp³-hybridized carbons (Fsp3) is 0.556. The Bertz CT molecular complexity index is 910. The molecule has 2 heterocycles. The summed E-state index contributed by atoms with van der Waals surface area (Å²) < 4.78 is 46.9. The average molecular weight is 366 g/mol. The highest BCUT2D eigenvalue weighted by atomic mass is 32.2. The minimum absolute atomic E-state index is 0.0952. The van der Waals surface area contributed by atoms with Gasteiger partial charge in [0.15, 0.2) is 0 Å². The van der Waals surface area contributed by atoms with Crippen molar-refractivity contribution in [1.82, 2.24) is 9.29 Å². The molecule has 1 saturated heterocycles. The van der Waals surface area contributed by atoms with Crippen molar-refractivity contribution in [3.63, 3.8) is 0 Å². The lowest BCUT2D eigenvalue weighted by molar-refractivity contribution is 0.0260. The van der Waals surface area contributed by atoms with E-state index in [0.717, 1.165) is 36.8 Å². The lowest BCUT2D eigenvalue weighted by Crippen LogP contribution is -2.29. The van der Waals surface area contributed by atoms with Crippen LogP contribution in [0.1, 0.15) is 42.7 Å². The minimum atomic E-state index is -3.59. The van der Waals surface area contributed by atoms with E-state index in [2.05, 4.69) is 4.98 Å². The molecule has 1 aliphatic heterocycles. The van der Waals surface area contributed by atoms with Crippen molar-refractivity contribution >= 4 is 20.9 Å². The third-order valence-corrected chi connectivity index (χ3v) is 7.43. The van der Waals surface area contributed by atoms with Gasteiger partial charge in [0, 0.05) is 25.6 Å². The van der Waals surface area contributed by atoms with Crippen molar-refractivity contribution in [2.45, 2.75) is 49.7 Å². The van der Waals surface area contributed by atoms with Gasteiger partial charge in [0.2, 0.25) is 0 Å². The Kier molecular flexibility index (Phi) is 4.13. The number of methoxy groups -OCH3 is 1. The number of ether oxygens (including phenoxy) is 1. The summed E-state index contributed by atoms with van der Waals surface area (Å²) in [4.78, 5) is 2.84. The molecule has 7 heteroatoms. The van der Waals surface area contributed by atoms with Gasteiger partial charge >= 0.3 is 0 Å². The van der Waals surface area contributed by atoms with Crippen LogP contribution in [0.25, 0.3) is 10.9 Å². The maximum atomic E-state index is 14.5. The highest BCUT2D eigenvalue weighted by Gasteiger charge is 2.34. The predicted octanol–water partition coefficient (Wildman–Crippen LogP) is 3.29. The number of hydrogen-bond donors (Lipinski definition) is 1. The maximum Gasteiger partial charge on any atom is 0.258 e. The van der Waals surface area contributed by atoms with Crippen molar-refractivity contribution in [2.75, 3.05) is 20.2 Å². The van der Waals surface area contributed by atoms with Crippen LogP contribution < -0.4 is 0 Å². The van der Waals surface area contributed by atoms with Gasteiger partial charge in [-0.05, 0) is 61.8 Å². The van der Waals surface area contributed by atoms with Crippen LogP contribution >= 0.6 is 0 Å². The van der Waals surface area contributed by atoms with E-state index in [1.165, 1.54) is 10.4 Å². The fourth-order valence-electron chi connectivity index (χ4n) is 4.13. The fourth-order valence-corrected chi connectivity index (χ4v) is 5.64. The summed E-state index contributed by atoms with van der Waals surface area (Å²) in [5.41, 5.74) is 2.21. The first-order valence-corrected chi connectivity index (χ1v) is 10.2. The summed E-state index contributed by atoms with van der Waals surface area (Å²) >= 11 is 0. The van der Waals surface area contributed by atoms with Crippen LogP contribution in [0.2, 0.25) is 0 Å². The number of aromatic nitrogens is 1. The summed E-state index contributed by atoms with van der Waals surface area (Å²) in [6, 6.07) is 3.12. The summed E-state index contributed by atoms with van der Waals surface area (Å²) in [7, 11) is -1.89. The van der Waals surface area contributed by atoms with E-state index in [9.17, 15) is 12.8 Å². The number of benzene rings is 1. The number of aryl methyl sites for hydroxylation is 1. The molecule has 0 radical (unpaired) electrons. The van der Waals surface area contributed by atoms with Crippen molar-refractivity contribution in [3.05, 3.63) is 29.1 Å². The predicted molar refractivity (Wildman–Crippen MR) is 93.8 cm³/mol. The van der Waals surface area contributed by atoms with E-state index in [1.807, 2.05) is 6.92 Å². The van der Waals surface area contributed by atoms with Gasteiger partial charge in [-0.25, -0.2) is 12.8 Å². The molecular weight excluding hydrogens is 343 g/mol. The SMILES string of the molecule is COC1CC(c2c(C)cc(F)c3[nH]c(S(=O)(=O)N4CCCC4)cc23)C1. The Balaban J connectivity index is 1.81. The maximum absolute atomic E-state index is 14.5. The third-order valence-electron chi connectivity index (χ3n) is 5.61. The number of sulfonamides is 1. The molecule has 2 aliphatic rings. The molecule has 1 saturated carbocycles. The van der Waals surface area contributed by atoms with E-state index in [4.69, 9.17) is 4.74 Å². The Hall–Kier alpha value is -1.44. The number of nitrogens with one attached hydrogen (secondary N) is 1. The zero-order chi connectivity index (χ0) is 17.8.